The van der Waals surface area contributed by atoms with Crippen LogP contribution >= 0.6 is 11.6 Å². The molecule has 0 heterocycles. The Morgan fingerprint density at radius 1 is 1.60 bits per heavy atom. The van der Waals surface area contributed by atoms with Crippen molar-refractivity contribution >= 4 is 11.6 Å². The third kappa shape index (κ3) is 1.13. The van der Waals surface area contributed by atoms with Crippen LogP contribution in [0.5, 0.6) is 0 Å². The van der Waals surface area contributed by atoms with E-state index >= 15 is 0 Å². The highest BCUT2D eigenvalue weighted by molar-refractivity contribution is 6.26. The number of halogens is 1. The van der Waals surface area contributed by atoms with Crippen molar-refractivity contribution in [3.05, 3.63) is 23.8 Å². The molecule has 0 aromatic rings. The van der Waals surface area contributed by atoms with Crippen molar-refractivity contribution in [2.24, 2.45) is 5.92 Å². The third-order valence-corrected chi connectivity index (χ3v) is 3.01. The molecule has 2 atom stereocenters. The lowest BCUT2D eigenvalue weighted by atomic mass is 9.85. The first-order valence-corrected chi connectivity index (χ1v) is 3.97. The van der Waals surface area contributed by atoms with E-state index in [2.05, 4.69) is 39.0 Å². The Bertz CT molecular complexity index is 187. The van der Waals surface area contributed by atoms with Crippen LogP contribution in [0, 0.1) is 5.92 Å². The molecule has 0 bridgehead atoms. The zero-order chi connectivity index (χ0) is 7.78. The molecule has 0 fully saturated rings. The molecule has 0 amide bonds. The highest BCUT2D eigenvalue weighted by Gasteiger charge is 2.29. The van der Waals surface area contributed by atoms with Gasteiger partial charge in [-0.25, -0.2) is 0 Å². The third-order valence-electron chi connectivity index (χ3n) is 2.37. The lowest BCUT2D eigenvalue weighted by Crippen LogP contribution is -2.27. The molecule has 0 saturated heterocycles. The van der Waals surface area contributed by atoms with Gasteiger partial charge in [-0.1, -0.05) is 30.7 Å². The van der Waals surface area contributed by atoms with Crippen LogP contribution in [0.2, 0.25) is 0 Å². The molecule has 0 N–H and O–H groups in total. The molecule has 56 valence electrons. The molecular weight excluding hydrogens is 144 g/mol. The van der Waals surface area contributed by atoms with Crippen molar-refractivity contribution in [2.45, 2.75) is 25.6 Å². The minimum absolute atomic E-state index is 0.158. The standard InChI is InChI=1S/C9H13Cl/c1-7-5-4-6-8(2)9(7,3)10/h4-7H,1-3H3. The molecule has 0 saturated carbocycles. The summed E-state index contributed by atoms with van der Waals surface area (Å²) in [5.41, 5.74) is 1.25. The van der Waals surface area contributed by atoms with Crippen molar-refractivity contribution in [2.75, 3.05) is 0 Å². The number of hydrogen-bond donors (Lipinski definition) is 0. The van der Waals surface area contributed by atoms with E-state index in [4.69, 9.17) is 11.6 Å². The van der Waals surface area contributed by atoms with Crippen LogP contribution in [0.3, 0.4) is 0 Å². The largest absolute Gasteiger partial charge is 0.114 e. The first kappa shape index (κ1) is 7.87. The molecule has 0 nitrogen and oxygen atoms in total. The van der Waals surface area contributed by atoms with Gasteiger partial charge in [0.15, 0.2) is 0 Å². The average molecular weight is 157 g/mol. The summed E-state index contributed by atoms with van der Waals surface area (Å²) in [5, 5.41) is 0. The normalized spacial score (nSPS) is 39.6. The maximum Gasteiger partial charge on any atom is 0.0687 e. The van der Waals surface area contributed by atoms with Gasteiger partial charge >= 0.3 is 0 Å². The van der Waals surface area contributed by atoms with Gasteiger partial charge in [0, 0.05) is 0 Å². The Morgan fingerprint density at radius 2 is 2.20 bits per heavy atom. The second-order valence-electron chi connectivity index (χ2n) is 3.10. The van der Waals surface area contributed by atoms with Gasteiger partial charge in [0.05, 0.1) is 4.87 Å². The van der Waals surface area contributed by atoms with Crippen LogP contribution in [0.1, 0.15) is 20.8 Å². The van der Waals surface area contributed by atoms with E-state index in [-0.39, 0.29) is 4.87 Å². The lowest BCUT2D eigenvalue weighted by Gasteiger charge is -2.30. The first-order chi connectivity index (χ1) is 4.55. The van der Waals surface area contributed by atoms with E-state index in [1.54, 1.807) is 0 Å². The van der Waals surface area contributed by atoms with Gasteiger partial charge in [-0.3, -0.25) is 0 Å². The quantitative estimate of drug-likeness (QED) is 0.473. The predicted molar refractivity (Wildman–Crippen MR) is 46.3 cm³/mol. The topological polar surface area (TPSA) is 0 Å². The van der Waals surface area contributed by atoms with Crippen LogP contribution in [0.15, 0.2) is 23.8 Å². The van der Waals surface area contributed by atoms with Gasteiger partial charge in [-0.15, -0.1) is 11.6 Å². The second kappa shape index (κ2) is 2.43. The van der Waals surface area contributed by atoms with Gasteiger partial charge < -0.3 is 0 Å². The monoisotopic (exact) mass is 156 g/mol. The zero-order valence-corrected chi connectivity index (χ0v) is 7.44. The minimum Gasteiger partial charge on any atom is -0.114 e. The van der Waals surface area contributed by atoms with E-state index in [1.807, 2.05) is 0 Å². The van der Waals surface area contributed by atoms with Crippen molar-refractivity contribution in [3.63, 3.8) is 0 Å². The molecule has 0 spiro atoms. The Labute approximate surface area is 67.6 Å². The predicted octanol–water partition coefficient (Wildman–Crippen LogP) is 3.14. The molecule has 2 unspecified atom stereocenters. The summed E-state index contributed by atoms with van der Waals surface area (Å²) in [6.45, 7) is 6.28. The Kier molecular flexibility index (Phi) is 1.91. The highest BCUT2D eigenvalue weighted by atomic mass is 35.5. The SMILES string of the molecule is CC1=CC=CC(C)C1(C)Cl. The highest BCUT2D eigenvalue weighted by Crippen LogP contribution is 2.35. The Hall–Kier alpha value is -0.230. The fraction of sp³-hybridized carbons (Fsp3) is 0.556. The average Bonchev–Trinajstić information content (AvgIpc) is 1.84. The summed E-state index contributed by atoms with van der Waals surface area (Å²) in [6.07, 6.45) is 6.29. The minimum atomic E-state index is -0.158. The molecule has 1 aliphatic rings. The number of hydrogen-bond acceptors (Lipinski definition) is 0. The van der Waals surface area contributed by atoms with Crippen molar-refractivity contribution in [3.8, 4) is 0 Å². The maximum absolute atomic E-state index is 6.25. The van der Waals surface area contributed by atoms with Crippen LogP contribution in [0.25, 0.3) is 0 Å². The molecule has 1 aliphatic carbocycles. The summed E-state index contributed by atoms with van der Waals surface area (Å²) in [4.78, 5) is -0.158. The maximum atomic E-state index is 6.25. The summed E-state index contributed by atoms with van der Waals surface area (Å²) < 4.78 is 0. The smallest absolute Gasteiger partial charge is 0.0687 e. The van der Waals surface area contributed by atoms with E-state index in [1.165, 1.54) is 5.57 Å². The molecule has 0 aliphatic heterocycles. The van der Waals surface area contributed by atoms with Crippen LogP contribution < -0.4 is 0 Å². The number of alkyl halides is 1. The molecule has 1 rings (SSSR count). The Morgan fingerprint density at radius 3 is 2.60 bits per heavy atom. The first-order valence-electron chi connectivity index (χ1n) is 3.59. The summed E-state index contributed by atoms with van der Waals surface area (Å²) in [6, 6.07) is 0. The van der Waals surface area contributed by atoms with Crippen LogP contribution in [-0.2, 0) is 0 Å². The van der Waals surface area contributed by atoms with E-state index in [0.717, 1.165) is 0 Å². The van der Waals surface area contributed by atoms with Gasteiger partial charge in [0.2, 0.25) is 0 Å². The molecule has 0 aromatic heterocycles. The molecule has 10 heavy (non-hydrogen) atoms. The van der Waals surface area contributed by atoms with E-state index < -0.39 is 0 Å². The van der Waals surface area contributed by atoms with Crippen LogP contribution in [0.4, 0.5) is 0 Å². The summed E-state index contributed by atoms with van der Waals surface area (Å²) in [5.74, 6) is 0.444. The lowest BCUT2D eigenvalue weighted by molar-refractivity contribution is 0.560. The number of rotatable bonds is 0. The molecule has 0 radical (unpaired) electrons. The fourth-order valence-electron chi connectivity index (χ4n) is 1.07. The van der Waals surface area contributed by atoms with Crippen molar-refractivity contribution < 1.29 is 0 Å². The van der Waals surface area contributed by atoms with Crippen molar-refractivity contribution in [1.82, 2.24) is 0 Å². The summed E-state index contributed by atoms with van der Waals surface area (Å²) in [7, 11) is 0. The number of allylic oxidation sites excluding steroid dienone is 4. The zero-order valence-electron chi connectivity index (χ0n) is 6.69. The van der Waals surface area contributed by atoms with Gasteiger partial charge in [-0.2, -0.15) is 0 Å². The van der Waals surface area contributed by atoms with Gasteiger partial charge in [-0.05, 0) is 19.8 Å². The molecule has 0 aromatic carbocycles. The Balaban J connectivity index is 2.93. The van der Waals surface area contributed by atoms with Gasteiger partial charge in [0.25, 0.3) is 0 Å². The fourth-order valence-corrected chi connectivity index (χ4v) is 1.21. The van der Waals surface area contributed by atoms with Crippen LogP contribution in [-0.4, -0.2) is 4.87 Å². The van der Waals surface area contributed by atoms with E-state index in [9.17, 15) is 0 Å². The second-order valence-corrected chi connectivity index (χ2v) is 3.88. The van der Waals surface area contributed by atoms with Crippen molar-refractivity contribution in [1.29, 1.82) is 0 Å². The summed E-state index contributed by atoms with van der Waals surface area (Å²) >= 11 is 6.25. The van der Waals surface area contributed by atoms with Gasteiger partial charge in [0.1, 0.15) is 0 Å². The molecule has 1 heteroatoms. The molecular formula is C9H13Cl. The van der Waals surface area contributed by atoms with E-state index in [0.29, 0.717) is 5.92 Å².